The van der Waals surface area contributed by atoms with Gasteiger partial charge in [-0.25, -0.2) is 0 Å². The average molecular weight is 251 g/mol. The van der Waals surface area contributed by atoms with E-state index in [1.165, 1.54) is 21.3 Å². The van der Waals surface area contributed by atoms with Crippen molar-refractivity contribution in [1.82, 2.24) is 0 Å². The van der Waals surface area contributed by atoms with Gasteiger partial charge in [0, 0.05) is 6.42 Å². The van der Waals surface area contributed by atoms with Crippen molar-refractivity contribution in [1.29, 1.82) is 5.26 Å². The first-order valence-corrected chi connectivity index (χ1v) is 5.52. The van der Waals surface area contributed by atoms with E-state index in [2.05, 4.69) is 0 Å². The molecule has 1 unspecified atom stereocenters. The van der Waals surface area contributed by atoms with Crippen LogP contribution in [0, 0.1) is 11.3 Å². The summed E-state index contributed by atoms with van der Waals surface area (Å²) in [7, 11) is 4.55. The second-order valence-electron chi connectivity index (χ2n) is 3.67. The highest BCUT2D eigenvalue weighted by Gasteiger charge is 2.17. The molecule has 1 aromatic carbocycles. The molecule has 0 heterocycles. The zero-order valence-electron chi connectivity index (χ0n) is 10.8. The van der Waals surface area contributed by atoms with Crippen LogP contribution >= 0.6 is 0 Å². The molecular weight excluding hydrogens is 234 g/mol. The molecule has 1 N–H and O–H groups in total. The quantitative estimate of drug-likeness (QED) is 0.837. The Morgan fingerprint density at radius 1 is 1.17 bits per heavy atom. The van der Waals surface area contributed by atoms with Crippen LogP contribution < -0.4 is 14.2 Å². The van der Waals surface area contributed by atoms with Gasteiger partial charge in [-0.3, -0.25) is 0 Å². The molecule has 0 radical (unpaired) electrons. The van der Waals surface area contributed by atoms with Crippen molar-refractivity contribution in [2.24, 2.45) is 0 Å². The maximum atomic E-state index is 9.95. The third kappa shape index (κ3) is 3.05. The molecule has 18 heavy (non-hydrogen) atoms. The number of nitriles is 1. The normalized spacial score (nSPS) is 11.5. The molecule has 1 atom stereocenters. The van der Waals surface area contributed by atoms with E-state index in [-0.39, 0.29) is 6.42 Å². The molecule has 0 aliphatic rings. The lowest BCUT2D eigenvalue weighted by Gasteiger charge is -2.16. The number of benzene rings is 1. The van der Waals surface area contributed by atoms with Crippen LogP contribution in [0.2, 0.25) is 0 Å². The minimum absolute atomic E-state index is 0.290. The summed E-state index contributed by atoms with van der Waals surface area (Å²) >= 11 is 0. The first-order valence-electron chi connectivity index (χ1n) is 5.52. The Morgan fingerprint density at radius 2 is 1.72 bits per heavy atom. The fourth-order valence-electron chi connectivity index (χ4n) is 1.66. The molecule has 0 aliphatic carbocycles. The van der Waals surface area contributed by atoms with E-state index >= 15 is 0 Å². The van der Waals surface area contributed by atoms with Crippen molar-refractivity contribution in [3.63, 3.8) is 0 Å². The molecular formula is C13H17NO4. The van der Waals surface area contributed by atoms with E-state index in [9.17, 15) is 5.11 Å². The van der Waals surface area contributed by atoms with Crippen molar-refractivity contribution >= 4 is 0 Å². The molecule has 1 rings (SSSR count). The zero-order chi connectivity index (χ0) is 13.5. The second kappa shape index (κ2) is 6.72. The fraction of sp³-hybridized carbons (Fsp3) is 0.462. The van der Waals surface area contributed by atoms with E-state index < -0.39 is 6.10 Å². The third-order valence-corrected chi connectivity index (χ3v) is 2.60. The predicted molar refractivity (Wildman–Crippen MR) is 65.9 cm³/mol. The van der Waals surface area contributed by atoms with Crippen LogP contribution in [0.5, 0.6) is 17.2 Å². The van der Waals surface area contributed by atoms with Crippen LogP contribution in [0.25, 0.3) is 0 Å². The molecule has 0 aromatic heterocycles. The molecule has 5 nitrogen and oxygen atoms in total. The van der Waals surface area contributed by atoms with Crippen LogP contribution in [0.1, 0.15) is 24.5 Å². The van der Waals surface area contributed by atoms with Crippen molar-refractivity contribution in [3.05, 3.63) is 17.7 Å². The SMILES string of the molecule is COc1cc(C(O)CCC#N)cc(OC)c1OC. The highest BCUT2D eigenvalue weighted by Crippen LogP contribution is 2.40. The van der Waals surface area contributed by atoms with Gasteiger partial charge in [-0.05, 0) is 24.1 Å². The summed E-state index contributed by atoms with van der Waals surface area (Å²) in [6, 6.07) is 5.37. The van der Waals surface area contributed by atoms with Gasteiger partial charge in [0.05, 0.1) is 33.5 Å². The highest BCUT2D eigenvalue weighted by atomic mass is 16.5. The molecule has 0 saturated heterocycles. The van der Waals surface area contributed by atoms with Crippen LogP contribution in [0.15, 0.2) is 12.1 Å². The summed E-state index contributed by atoms with van der Waals surface area (Å²) in [5.41, 5.74) is 0.639. The lowest BCUT2D eigenvalue weighted by molar-refractivity contribution is 0.168. The van der Waals surface area contributed by atoms with Gasteiger partial charge in [0.1, 0.15) is 0 Å². The van der Waals surface area contributed by atoms with Crippen molar-refractivity contribution < 1.29 is 19.3 Å². The Labute approximate surface area is 107 Å². The van der Waals surface area contributed by atoms with E-state index in [4.69, 9.17) is 19.5 Å². The number of hydrogen-bond acceptors (Lipinski definition) is 5. The number of ether oxygens (including phenoxy) is 3. The van der Waals surface area contributed by atoms with Gasteiger partial charge >= 0.3 is 0 Å². The molecule has 5 heteroatoms. The summed E-state index contributed by atoms with van der Waals surface area (Å²) in [6.07, 6.45) is -0.0641. The lowest BCUT2D eigenvalue weighted by atomic mass is 10.0. The van der Waals surface area contributed by atoms with Gasteiger partial charge in [-0.2, -0.15) is 5.26 Å². The number of methoxy groups -OCH3 is 3. The third-order valence-electron chi connectivity index (χ3n) is 2.60. The van der Waals surface area contributed by atoms with Gasteiger partial charge in [-0.1, -0.05) is 0 Å². The van der Waals surface area contributed by atoms with Gasteiger partial charge in [0.2, 0.25) is 5.75 Å². The second-order valence-corrected chi connectivity index (χ2v) is 3.67. The standard InChI is InChI=1S/C13H17NO4/c1-16-11-7-9(10(15)5-4-6-14)8-12(17-2)13(11)18-3/h7-8,10,15H,4-5H2,1-3H3. The molecule has 0 spiro atoms. The Hall–Kier alpha value is -1.93. The van der Waals surface area contributed by atoms with E-state index in [0.29, 0.717) is 29.2 Å². The van der Waals surface area contributed by atoms with Gasteiger partial charge in [0.15, 0.2) is 11.5 Å². The first kappa shape index (κ1) is 14.1. The minimum atomic E-state index is -0.724. The van der Waals surface area contributed by atoms with Crippen LogP contribution in [0.4, 0.5) is 0 Å². The summed E-state index contributed by atoms with van der Waals surface area (Å²) in [4.78, 5) is 0. The molecule has 0 saturated carbocycles. The maximum absolute atomic E-state index is 9.95. The maximum Gasteiger partial charge on any atom is 0.203 e. The van der Waals surface area contributed by atoms with E-state index in [1.807, 2.05) is 6.07 Å². The molecule has 0 amide bonds. The Bertz CT molecular complexity index is 414. The molecule has 0 bridgehead atoms. The van der Waals surface area contributed by atoms with E-state index in [1.54, 1.807) is 12.1 Å². The minimum Gasteiger partial charge on any atom is -0.493 e. The highest BCUT2D eigenvalue weighted by molar-refractivity contribution is 5.54. The number of nitrogens with zero attached hydrogens (tertiary/aromatic N) is 1. The van der Waals surface area contributed by atoms with Crippen LogP contribution in [-0.2, 0) is 0 Å². The number of hydrogen-bond donors (Lipinski definition) is 1. The monoisotopic (exact) mass is 251 g/mol. The Kier molecular flexibility index (Phi) is 5.28. The summed E-state index contributed by atoms with van der Waals surface area (Å²) < 4.78 is 15.6. The zero-order valence-corrected chi connectivity index (χ0v) is 10.8. The van der Waals surface area contributed by atoms with Gasteiger partial charge < -0.3 is 19.3 Å². The van der Waals surface area contributed by atoms with Crippen molar-refractivity contribution in [2.45, 2.75) is 18.9 Å². The number of aliphatic hydroxyl groups excluding tert-OH is 1. The van der Waals surface area contributed by atoms with Crippen LogP contribution in [0.3, 0.4) is 0 Å². The topological polar surface area (TPSA) is 71.7 Å². The summed E-state index contributed by atoms with van der Waals surface area (Å²) in [5.74, 6) is 1.46. The fourth-order valence-corrected chi connectivity index (χ4v) is 1.66. The smallest absolute Gasteiger partial charge is 0.203 e. The number of aliphatic hydroxyl groups is 1. The molecule has 1 aromatic rings. The van der Waals surface area contributed by atoms with E-state index in [0.717, 1.165) is 0 Å². The Morgan fingerprint density at radius 3 is 2.11 bits per heavy atom. The predicted octanol–water partition coefficient (Wildman–Crippen LogP) is 2.05. The van der Waals surface area contributed by atoms with Crippen LogP contribution in [-0.4, -0.2) is 26.4 Å². The first-order chi connectivity index (χ1) is 8.67. The van der Waals surface area contributed by atoms with Gasteiger partial charge in [0.25, 0.3) is 0 Å². The molecule has 0 aliphatic heterocycles. The average Bonchev–Trinajstić information content (AvgIpc) is 2.42. The van der Waals surface area contributed by atoms with Gasteiger partial charge in [-0.15, -0.1) is 0 Å². The molecule has 98 valence electrons. The number of rotatable bonds is 6. The molecule has 0 fully saturated rings. The van der Waals surface area contributed by atoms with Crippen molar-refractivity contribution in [3.8, 4) is 23.3 Å². The lowest BCUT2D eigenvalue weighted by Crippen LogP contribution is -2.01. The van der Waals surface area contributed by atoms with Crippen molar-refractivity contribution in [2.75, 3.05) is 21.3 Å². The summed E-state index contributed by atoms with van der Waals surface area (Å²) in [5, 5.41) is 18.5. The Balaban J connectivity index is 3.11. The summed E-state index contributed by atoms with van der Waals surface area (Å²) in [6.45, 7) is 0. The largest absolute Gasteiger partial charge is 0.493 e.